The van der Waals surface area contributed by atoms with Crippen molar-refractivity contribution in [3.8, 4) is 11.1 Å². The number of hydrogen-bond donors (Lipinski definition) is 3. The summed E-state index contributed by atoms with van der Waals surface area (Å²) in [7, 11) is -8.01. The minimum Gasteiger partial charge on any atom is -0.744 e. The number of nitrogens with two attached hydrogens (primary N) is 1. The van der Waals surface area contributed by atoms with Gasteiger partial charge < -0.3 is 15.0 Å². The fourth-order valence-corrected chi connectivity index (χ4v) is 6.99. The van der Waals surface area contributed by atoms with Crippen LogP contribution in [0.2, 0.25) is 0 Å². The van der Waals surface area contributed by atoms with Crippen LogP contribution in [-0.4, -0.2) is 51.8 Å². The topological polar surface area (TPSA) is 174 Å². The second-order valence-corrected chi connectivity index (χ2v) is 14.7. The van der Waals surface area contributed by atoms with E-state index in [1.54, 1.807) is 62.5 Å². The molecule has 0 fully saturated rings. The van der Waals surface area contributed by atoms with Gasteiger partial charge in [0.15, 0.2) is 6.20 Å². The molecular formula is C33H40N4O7S2. The Labute approximate surface area is 271 Å². The van der Waals surface area contributed by atoms with Crippen molar-refractivity contribution in [2.75, 3.05) is 29.6 Å². The number of aromatic nitrogens is 1. The van der Waals surface area contributed by atoms with Crippen LogP contribution in [-0.2, 0) is 25.7 Å². The van der Waals surface area contributed by atoms with Gasteiger partial charge in [0.05, 0.1) is 29.8 Å². The van der Waals surface area contributed by atoms with Crippen molar-refractivity contribution in [1.29, 1.82) is 0 Å². The average molecular weight is 669 g/mol. The molecule has 0 saturated carbocycles. The van der Waals surface area contributed by atoms with Crippen molar-refractivity contribution in [2.24, 2.45) is 0 Å². The molecule has 0 saturated heterocycles. The number of aryl methyl sites for hydroxylation is 3. The lowest BCUT2D eigenvalue weighted by Crippen LogP contribution is -2.45. The number of sulfonamides is 1. The number of aliphatic hydroxyl groups is 1. The fourth-order valence-electron chi connectivity index (χ4n) is 5.17. The van der Waals surface area contributed by atoms with Crippen LogP contribution >= 0.6 is 0 Å². The molecule has 0 bridgehead atoms. The molecule has 0 aliphatic carbocycles. The number of pyridine rings is 1. The van der Waals surface area contributed by atoms with Gasteiger partial charge in [-0.05, 0) is 69.0 Å². The lowest BCUT2D eigenvalue weighted by atomic mass is 9.93. The first-order valence-electron chi connectivity index (χ1n) is 14.3. The van der Waals surface area contributed by atoms with Crippen LogP contribution in [0.3, 0.4) is 0 Å². The molecule has 1 heterocycles. The molecule has 4 aromatic rings. The SMILES string of the molecule is CC(C)(NC(=O)c1cccc(-c2cc[n+](N)cc2N(CCO)S(C)(=O)=O)c1)c1ccccc1.Cc1cc(C)c(S(=O)(=O)[O-])c(C)c1. The van der Waals surface area contributed by atoms with Gasteiger partial charge in [-0.15, -0.1) is 0 Å². The molecule has 0 aliphatic rings. The van der Waals surface area contributed by atoms with Crippen LogP contribution in [0, 0.1) is 20.8 Å². The Morgan fingerprint density at radius 3 is 2.11 bits per heavy atom. The highest BCUT2D eigenvalue weighted by atomic mass is 32.2. The standard InChI is InChI=1S/C24H28N4O4S.C9H12O3S/c1-24(2,20-10-5-4-6-11-20)26-23(30)19-9-7-8-18(16-19)21-12-13-27(25)17-22(21)28(14-15-29)33(3,31)32;1-6-4-7(2)9(8(3)5-6)13(10,11)12/h4-13,16-17,29H,14-15,25H2,1-3H3;4-5H,1-3H3,(H,10,11,12). The summed E-state index contributed by atoms with van der Waals surface area (Å²) in [4.78, 5) is 13.0. The fraction of sp³-hybridized carbons (Fsp3) is 0.273. The van der Waals surface area contributed by atoms with Gasteiger partial charge in [0.1, 0.15) is 15.8 Å². The summed E-state index contributed by atoms with van der Waals surface area (Å²) in [6, 6.07) is 21.7. The lowest BCUT2D eigenvalue weighted by Gasteiger charge is -2.27. The third kappa shape index (κ3) is 9.13. The van der Waals surface area contributed by atoms with E-state index in [1.165, 1.54) is 10.9 Å². The number of rotatable bonds is 9. The molecule has 0 aliphatic heterocycles. The number of carbonyl (C=O) groups excluding carboxylic acids is 1. The zero-order chi connectivity index (χ0) is 34.4. The number of nitrogens with one attached hydrogen (secondary N) is 1. The summed E-state index contributed by atoms with van der Waals surface area (Å²) in [5.74, 6) is 5.60. The van der Waals surface area contributed by atoms with Crippen molar-refractivity contribution in [3.63, 3.8) is 0 Å². The molecule has 1 aromatic heterocycles. The van der Waals surface area contributed by atoms with Crippen molar-refractivity contribution < 1.29 is 36.0 Å². The second kappa shape index (κ2) is 14.4. The van der Waals surface area contributed by atoms with Gasteiger partial charge in [0.2, 0.25) is 16.2 Å². The molecule has 46 heavy (non-hydrogen) atoms. The summed E-state index contributed by atoms with van der Waals surface area (Å²) in [5.41, 5.74) is 4.32. The van der Waals surface area contributed by atoms with Crippen LogP contribution in [0.1, 0.15) is 46.5 Å². The molecule has 4 rings (SSSR count). The number of carbonyl (C=O) groups is 1. The van der Waals surface area contributed by atoms with Gasteiger partial charge in [0, 0.05) is 17.2 Å². The molecule has 0 spiro atoms. The molecule has 0 atom stereocenters. The second-order valence-electron chi connectivity index (χ2n) is 11.5. The van der Waals surface area contributed by atoms with Crippen LogP contribution in [0.15, 0.2) is 90.1 Å². The molecule has 13 heteroatoms. The van der Waals surface area contributed by atoms with Crippen LogP contribution < -0.4 is 20.1 Å². The predicted molar refractivity (Wildman–Crippen MR) is 177 cm³/mol. The van der Waals surface area contributed by atoms with Crippen LogP contribution in [0.4, 0.5) is 5.69 Å². The van der Waals surface area contributed by atoms with Gasteiger partial charge in [-0.2, -0.15) is 0 Å². The maximum absolute atomic E-state index is 13.1. The Morgan fingerprint density at radius 1 is 0.957 bits per heavy atom. The first kappa shape index (κ1) is 36.2. The van der Waals surface area contributed by atoms with Gasteiger partial charge in [0.25, 0.3) is 5.91 Å². The van der Waals surface area contributed by atoms with Crippen molar-refractivity contribution in [2.45, 2.75) is 45.1 Å². The van der Waals surface area contributed by atoms with Gasteiger partial charge in [-0.3, -0.25) is 9.10 Å². The smallest absolute Gasteiger partial charge is 0.251 e. The van der Waals surface area contributed by atoms with Crippen molar-refractivity contribution in [1.82, 2.24) is 5.32 Å². The number of aliphatic hydroxyl groups excluding tert-OH is 1. The van der Waals surface area contributed by atoms with Crippen molar-refractivity contribution >= 4 is 31.7 Å². The largest absolute Gasteiger partial charge is 0.744 e. The first-order chi connectivity index (χ1) is 21.3. The number of hydrogen-bond acceptors (Lipinski definition) is 8. The van der Waals surface area contributed by atoms with Gasteiger partial charge in [-0.1, -0.05) is 64.8 Å². The third-order valence-corrected chi connectivity index (χ3v) is 9.47. The Balaban J connectivity index is 0.000000370. The lowest BCUT2D eigenvalue weighted by molar-refractivity contribution is -0.638. The summed E-state index contributed by atoms with van der Waals surface area (Å²) in [5, 5.41) is 12.5. The molecular weight excluding hydrogens is 629 g/mol. The molecule has 0 radical (unpaired) electrons. The highest BCUT2D eigenvalue weighted by Crippen LogP contribution is 2.31. The number of benzene rings is 3. The first-order valence-corrected chi connectivity index (χ1v) is 17.5. The Morgan fingerprint density at radius 2 is 1.57 bits per heavy atom. The maximum atomic E-state index is 13.1. The highest BCUT2D eigenvalue weighted by Gasteiger charge is 2.26. The highest BCUT2D eigenvalue weighted by molar-refractivity contribution is 7.92. The average Bonchev–Trinajstić information content (AvgIpc) is 2.94. The zero-order valence-corrected chi connectivity index (χ0v) is 28.3. The van der Waals surface area contributed by atoms with Crippen LogP contribution in [0.25, 0.3) is 11.1 Å². The summed E-state index contributed by atoms with van der Waals surface area (Å²) >= 11 is 0. The summed E-state index contributed by atoms with van der Waals surface area (Å²) < 4.78 is 59.6. The molecule has 3 aromatic carbocycles. The van der Waals surface area contributed by atoms with Crippen LogP contribution in [0.5, 0.6) is 0 Å². The zero-order valence-electron chi connectivity index (χ0n) is 26.7. The van der Waals surface area contributed by atoms with E-state index >= 15 is 0 Å². The van der Waals surface area contributed by atoms with E-state index in [2.05, 4.69) is 5.32 Å². The van der Waals surface area contributed by atoms with E-state index < -0.39 is 25.7 Å². The minimum atomic E-state index is -4.33. The molecule has 0 unspecified atom stereocenters. The van der Waals surface area contributed by atoms with E-state index in [0.29, 0.717) is 33.5 Å². The summed E-state index contributed by atoms with van der Waals surface area (Å²) in [6.07, 6.45) is 4.12. The Bertz CT molecular complexity index is 1910. The van der Waals surface area contributed by atoms with Crippen molar-refractivity contribution in [3.05, 3.63) is 113 Å². The monoisotopic (exact) mass is 668 g/mol. The van der Waals surface area contributed by atoms with Gasteiger partial charge in [-0.25, -0.2) is 22.7 Å². The van der Waals surface area contributed by atoms with E-state index in [0.717, 1.165) is 21.7 Å². The summed E-state index contributed by atoms with van der Waals surface area (Å²) in [6.45, 7) is 8.50. The molecule has 1 amide bonds. The number of nitrogens with zero attached hydrogens (tertiary/aromatic N) is 2. The quantitative estimate of drug-likeness (QED) is 0.138. The molecule has 11 nitrogen and oxygen atoms in total. The maximum Gasteiger partial charge on any atom is 0.251 e. The third-order valence-electron chi connectivity index (χ3n) is 7.14. The van der Waals surface area contributed by atoms with E-state index in [-0.39, 0.29) is 24.0 Å². The normalized spacial score (nSPS) is 11.7. The van der Waals surface area contributed by atoms with Gasteiger partial charge >= 0.3 is 0 Å². The number of nitrogen functional groups attached to an aromatic ring is 1. The van der Waals surface area contributed by atoms with E-state index in [9.17, 15) is 31.3 Å². The predicted octanol–water partition coefficient (Wildman–Crippen LogP) is 3.29. The Kier molecular flexibility index (Phi) is 11.3. The minimum absolute atomic E-state index is 0.0851. The van der Waals surface area contributed by atoms with E-state index in [4.69, 9.17) is 5.84 Å². The molecule has 246 valence electrons. The van der Waals surface area contributed by atoms with E-state index in [1.807, 2.05) is 51.1 Å². The Hall–Kier alpha value is -4.30. The number of anilines is 1. The molecule has 4 N–H and O–H groups in total. The number of amides is 1.